The molecule has 0 fully saturated rings. The van der Waals surface area contributed by atoms with Crippen LogP contribution in [0.5, 0.6) is 0 Å². The third-order valence-electron chi connectivity index (χ3n) is 3.54. The van der Waals surface area contributed by atoms with Gasteiger partial charge < -0.3 is 10.4 Å². The zero-order chi connectivity index (χ0) is 12.3. The molecule has 0 atom stereocenters. The molecule has 0 amide bonds. The molecule has 0 heterocycles. The minimum atomic E-state index is 0.110. The lowest BCUT2D eigenvalue weighted by Gasteiger charge is -2.29. The van der Waals surface area contributed by atoms with Crippen LogP contribution in [0.2, 0.25) is 0 Å². The maximum atomic E-state index is 9.41. The predicted octanol–water partition coefficient (Wildman–Crippen LogP) is 2.91. The highest BCUT2D eigenvalue weighted by Crippen LogP contribution is 2.24. The molecule has 16 heavy (non-hydrogen) atoms. The Hall–Kier alpha value is 0.270. The summed E-state index contributed by atoms with van der Waals surface area (Å²) in [5.74, 6) is 1.28. The van der Waals surface area contributed by atoms with E-state index in [-0.39, 0.29) is 5.41 Å². The normalized spacial score (nSPS) is 12.0. The van der Waals surface area contributed by atoms with Crippen molar-refractivity contribution in [1.82, 2.24) is 5.32 Å². The summed E-state index contributed by atoms with van der Waals surface area (Å²) in [4.78, 5) is 0. The monoisotopic (exact) mass is 247 g/mol. The second-order valence-electron chi connectivity index (χ2n) is 4.60. The average molecular weight is 247 g/mol. The molecule has 0 bridgehead atoms. The van der Waals surface area contributed by atoms with Crippen LogP contribution in [-0.2, 0) is 0 Å². The van der Waals surface area contributed by atoms with E-state index in [0.29, 0.717) is 6.61 Å². The van der Waals surface area contributed by atoms with E-state index < -0.39 is 0 Å². The summed E-state index contributed by atoms with van der Waals surface area (Å²) in [6.45, 7) is 6.69. The molecule has 0 aromatic rings. The number of nitrogens with one attached hydrogen (secondary N) is 1. The number of hydrogen-bond acceptors (Lipinski definition) is 3. The van der Waals surface area contributed by atoms with Crippen molar-refractivity contribution >= 4 is 11.8 Å². The smallest absolute Gasteiger partial charge is 0.0499 e. The van der Waals surface area contributed by atoms with E-state index in [1.165, 1.54) is 25.0 Å². The number of thioether (sulfide) groups is 1. The maximum Gasteiger partial charge on any atom is 0.0499 e. The Kier molecular flexibility index (Phi) is 10.6. The summed E-state index contributed by atoms with van der Waals surface area (Å²) in [6.07, 6.45) is 8.18. The van der Waals surface area contributed by atoms with Gasteiger partial charge in [0.2, 0.25) is 0 Å². The van der Waals surface area contributed by atoms with E-state index in [0.717, 1.165) is 25.9 Å². The summed E-state index contributed by atoms with van der Waals surface area (Å²) < 4.78 is 0. The molecule has 0 unspecified atom stereocenters. The zero-order valence-corrected chi connectivity index (χ0v) is 12.0. The Morgan fingerprint density at radius 3 is 2.31 bits per heavy atom. The lowest BCUT2D eigenvalue weighted by molar-refractivity contribution is 0.113. The molecule has 0 radical (unpaired) electrons. The molecule has 2 nitrogen and oxygen atoms in total. The van der Waals surface area contributed by atoms with Gasteiger partial charge in [-0.15, -0.1) is 0 Å². The molecular formula is C13H29NOS. The van der Waals surface area contributed by atoms with Gasteiger partial charge in [-0.2, -0.15) is 11.8 Å². The van der Waals surface area contributed by atoms with Crippen LogP contribution >= 0.6 is 11.8 Å². The number of aliphatic hydroxyl groups is 1. The van der Waals surface area contributed by atoms with Crippen molar-refractivity contribution in [1.29, 1.82) is 0 Å². The van der Waals surface area contributed by atoms with Gasteiger partial charge in [-0.05, 0) is 44.2 Å². The fraction of sp³-hybridized carbons (Fsp3) is 1.00. The molecular weight excluding hydrogens is 218 g/mol. The second-order valence-corrected chi connectivity index (χ2v) is 5.58. The molecule has 0 saturated heterocycles. The Labute approximate surface area is 106 Å². The van der Waals surface area contributed by atoms with Gasteiger partial charge in [0.15, 0.2) is 0 Å². The van der Waals surface area contributed by atoms with Gasteiger partial charge in [0, 0.05) is 18.6 Å². The van der Waals surface area contributed by atoms with Crippen LogP contribution in [0.1, 0.15) is 46.0 Å². The summed E-state index contributed by atoms with van der Waals surface area (Å²) in [6, 6.07) is 0. The minimum absolute atomic E-state index is 0.110. The highest BCUT2D eigenvalue weighted by Gasteiger charge is 2.24. The molecule has 3 heteroatoms. The second kappa shape index (κ2) is 10.4. The zero-order valence-electron chi connectivity index (χ0n) is 11.2. The van der Waals surface area contributed by atoms with Crippen molar-refractivity contribution in [3.8, 4) is 0 Å². The molecule has 0 aliphatic carbocycles. The van der Waals surface area contributed by atoms with Gasteiger partial charge in [0.1, 0.15) is 0 Å². The molecule has 98 valence electrons. The van der Waals surface area contributed by atoms with E-state index in [9.17, 15) is 5.11 Å². The van der Waals surface area contributed by atoms with Crippen LogP contribution in [0.25, 0.3) is 0 Å². The van der Waals surface area contributed by atoms with E-state index in [4.69, 9.17) is 0 Å². The summed E-state index contributed by atoms with van der Waals surface area (Å²) in [5.41, 5.74) is 0.110. The molecule has 0 aromatic heterocycles. The van der Waals surface area contributed by atoms with Crippen LogP contribution in [0.4, 0.5) is 0 Å². The average Bonchev–Trinajstić information content (AvgIpc) is 2.34. The fourth-order valence-corrected chi connectivity index (χ4v) is 2.30. The van der Waals surface area contributed by atoms with Crippen LogP contribution in [0.3, 0.4) is 0 Å². The highest BCUT2D eigenvalue weighted by molar-refractivity contribution is 7.98. The molecule has 0 aromatic carbocycles. The van der Waals surface area contributed by atoms with Crippen LogP contribution in [0, 0.1) is 5.41 Å². The van der Waals surface area contributed by atoms with E-state index in [2.05, 4.69) is 25.4 Å². The van der Waals surface area contributed by atoms with Crippen molar-refractivity contribution in [3.63, 3.8) is 0 Å². The first-order chi connectivity index (χ1) is 7.74. The van der Waals surface area contributed by atoms with Crippen molar-refractivity contribution < 1.29 is 5.11 Å². The standard InChI is InChI=1S/C13H29NOS/c1-4-13(5-2,12-15)11-14-9-7-6-8-10-16-3/h14-15H,4-12H2,1-3H3. The number of unbranched alkanes of at least 4 members (excludes halogenated alkanes) is 2. The lowest BCUT2D eigenvalue weighted by atomic mass is 9.83. The molecule has 2 N–H and O–H groups in total. The van der Waals surface area contributed by atoms with Gasteiger partial charge in [-0.1, -0.05) is 20.3 Å². The first-order valence-corrected chi connectivity index (χ1v) is 7.94. The van der Waals surface area contributed by atoms with Gasteiger partial charge in [-0.3, -0.25) is 0 Å². The van der Waals surface area contributed by atoms with Gasteiger partial charge in [0.05, 0.1) is 0 Å². The third kappa shape index (κ3) is 6.77. The maximum absolute atomic E-state index is 9.41. The van der Waals surface area contributed by atoms with Crippen LogP contribution in [-0.4, -0.2) is 36.8 Å². The number of aliphatic hydroxyl groups excluding tert-OH is 1. The quantitative estimate of drug-likeness (QED) is 0.551. The molecule has 0 rings (SSSR count). The molecule has 0 aliphatic heterocycles. The Bertz CT molecular complexity index is 141. The van der Waals surface area contributed by atoms with Crippen LogP contribution in [0.15, 0.2) is 0 Å². The van der Waals surface area contributed by atoms with Crippen molar-refractivity contribution in [2.45, 2.75) is 46.0 Å². The van der Waals surface area contributed by atoms with Gasteiger partial charge in [0.25, 0.3) is 0 Å². The largest absolute Gasteiger partial charge is 0.396 e. The van der Waals surface area contributed by atoms with Crippen LogP contribution < -0.4 is 5.32 Å². The summed E-state index contributed by atoms with van der Waals surface area (Å²) in [7, 11) is 0. The Balaban J connectivity index is 3.48. The summed E-state index contributed by atoms with van der Waals surface area (Å²) in [5, 5.41) is 12.9. The summed E-state index contributed by atoms with van der Waals surface area (Å²) >= 11 is 1.93. The minimum Gasteiger partial charge on any atom is -0.396 e. The molecule has 0 aliphatic rings. The van der Waals surface area contributed by atoms with E-state index in [1.807, 2.05) is 11.8 Å². The highest BCUT2D eigenvalue weighted by atomic mass is 32.2. The van der Waals surface area contributed by atoms with E-state index >= 15 is 0 Å². The lowest BCUT2D eigenvalue weighted by Crippen LogP contribution is -2.36. The predicted molar refractivity (Wildman–Crippen MR) is 75.2 cm³/mol. The Morgan fingerprint density at radius 1 is 1.12 bits per heavy atom. The number of rotatable bonds is 11. The number of hydrogen-bond donors (Lipinski definition) is 2. The van der Waals surface area contributed by atoms with Gasteiger partial charge >= 0.3 is 0 Å². The Morgan fingerprint density at radius 2 is 1.81 bits per heavy atom. The first kappa shape index (κ1) is 16.3. The van der Waals surface area contributed by atoms with Crippen molar-refractivity contribution in [2.24, 2.45) is 5.41 Å². The topological polar surface area (TPSA) is 32.3 Å². The third-order valence-corrected chi connectivity index (χ3v) is 4.23. The van der Waals surface area contributed by atoms with Crippen molar-refractivity contribution in [2.75, 3.05) is 31.7 Å². The fourth-order valence-electron chi connectivity index (χ4n) is 1.81. The van der Waals surface area contributed by atoms with Crippen molar-refractivity contribution in [3.05, 3.63) is 0 Å². The molecule has 0 spiro atoms. The van der Waals surface area contributed by atoms with Gasteiger partial charge in [-0.25, -0.2) is 0 Å². The SMILES string of the molecule is CCC(CC)(CO)CNCCCCCSC. The first-order valence-electron chi connectivity index (χ1n) is 6.55. The molecule has 0 saturated carbocycles. The van der Waals surface area contributed by atoms with E-state index in [1.54, 1.807) is 0 Å².